The van der Waals surface area contributed by atoms with E-state index in [2.05, 4.69) is 16.0 Å². The number of hydrogen-bond acceptors (Lipinski definition) is 4. The number of aryl methyl sites for hydroxylation is 2. The summed E-state index contributed by atoms with van der Waals surface area (Å²) in [4.78, 5) is 35.9. The number of alkyl carbamates (subject to hydrolysis) is 1. The molecule has 3 N–H and O–H groups in total. The zero-order valence-electron chi connectivity index (χ0n) is 17.9. The molecule has 0 spiro atoms. The second kappa shape index (κ2) is 10.4. The van der Waals surface area contributed by atoms with Crippen LogP contribution in [0.4, 0.5) is 16.2 Å². The number of benzene rings is 2. The van der Waals surface area contributed by atoms with Crippen LogP contribution in [-0.4, -0.2) is 30.1 Å². The maximum Gasteiger partial charge on any atom is 0.408 e. The van der Waals surface area contributed by atoms with E-state index in [-0.39, 0.29) is 12.5 Å². The van der Waals surface area contributed by atoms with Crippen LogP contribution in [0.5, 0.6) is 0 Å². The topological polar surface area (TPSA) is 96.5 Å². The van der Waals surface area contributed by atoms with Crippen molar-refractivity contribution in [2.45, 2.75) is 46.1 Å². The van der Waals surface area contributed by atoms with Gasteiger partial charge in [0, 0.05) is 17.8 Å². The molecular weight excluding hydrogens is 382 g/mol. The number of amides is 3. The van der Waals surface area contributed by atoms with Gasteiger partial charge in [0.15, 0.2) is 0 Å². The van der Waals surface area contributed by atoms with Gasteiger partial charge in [-0.15, -0.1) is 0 Å². The van der Waals surface area contributed by atoms with Gasteiger partial charge in [-0.25, -0.2) is 4.79 Å². The molecule has 0 unspecified atom stereocenters. The summed E-state index contributed by atoms with van der Waals surface area (Å²) in [7, 11) is 0. The summed E-state index contributed by atoms with van der Waals surface area (Å²) in [5.41, 5.74) is 2.78. The molecular formula is C23H29N3O4. The normalized spacial score (nSPS) is 10.8. The van der Waals surface area contributed by atoms with Crippen molar-refractivity contribution >= 4 is 29.3 Å². The number of carbonyl (C=O) groups excluding carboxylic acids is 3. The van der Waals surface area contributed by atoms with E-state index >= 15 is 0 Å². The second-order valence-electron chi connectivity index (χ2n) is 7.96. The van der Waals surface area contributed by atoms with Crippen LogP contribution in [-0.2, 0) is 20.7 Å². The summed E-state index contributed by atoms with van der Waals surface area (Å²) >= 11 is 0. The fraction of sp³-hybridized carbons (Fsp3) is 0.348. The van der Waals surface area contributed by atoms with Crippen molar-refractivity contribution in [3.8, 4) is 0 Å². The van der Waals surface area contributed by atoms with Gasteiger partial charge in [0.25, 0.3) is 0 Å². The van der Waals surface area contributed by atoms with Gasteiger partial charge >= 0.3 is 6.09 Å². The predicted molar refractivity (Wildman–Crippen MR) is 117 cm³/mol. The van der Waals surface area contributed by atoms with Gasteiger partial charge in [-0.05, 0) is 63.4 Å². The molecule has 0 saturated carbocycles. The highest BCUT2D eigenvalue weighted by atomic mass is 16.6. The van der Waals surface area contributed by atoms with Crippen LogP contribution >= 0.6 is 0 Å². The van der Waals surface area contributed by atoms with Crippen molar-refractivity contribution in [2.75, 3.05) is 17.2 Å². The van der Waals surface area contributed by atoms with E-state index in [9.17, 15) is 14.4 Å². The molecule has 0 aliphatic heterocycles. The van der Waals surface area contributed by atoms with Crippen molar-refractivity contribution in [1.82, 2.24) is 5.32 Å². The van der Waals surface area contributed by atoms with Crippen LogP contribution in [0.15, 0.2) is 48.5 Å². The van der Waals surface area contributed by atoms with Crippen LogP contribution in [0.25, 0.3) is 0 Å². The molecule has 0 bridgehead atoms. The molecule has 160 valence electrons. The Bertz CT molecular complexity index is 903. The molecule has 2 aromatic rings. The maximum atomic E-state index is 12.3. The highest BCUT2D eigenvalue weighted by Gasteiger charge is 2.16. The second-order valence-corrected chi connectivity index (χ2v) is 7.96. The minimum Gasteiger partial charge on any atom is -0.444 e. The van der Waals surface area contributed by atoms with Gasteiger partial charge in [-0.3, -0.25) is 9.59 Å². The molecule has 0 radical (unpaired) electrons. The van der Waals surface area contributed by atoms with E-state index in [1.807, 2.05) is 31.2 Å². The molecule has 7 nitrogen and oxygen atoms in total. The molecule has 30 heavy (non-hydrogen) atoms. The Labute approximate surface area is 177 Å². The van der Waals surface area contributed by atoms with Crippen molar-refractivity contribution in [2.24, 2.45) is 0 Å². The Hall–Kier alpha value is -3.35. The molecule has 7 heteroatoms. The fourth-order valence-corrected chi connectivity index (χ4v) is 2.71. The van der Waals surface area contributed by atoms with Gasteiger partial charge in [-0.2, -0.15) is 0 Å². The van der Waals surface area contributed by atoms with E-state index < -0.39 is 17.6 Å². The molecule has 0 fully saturated rings. The van der Waals surface area contributed by atoms with E-state index in [0.717, 1.165) is 11.1 Å². The maximum absolute atomic E-state index is 12.3. The van der Waals surface area contributed by atoms with Crippen LogP contribution in [0.3, 0.4) is 0 Å². The van der Waals surface area contributed by atoms with Gasteiger partial charge in [0.1, 0.15) is 12.1 Å². The summed E-state index contributed by atoms with van der Waals surface area (Å²) in [6, 6.07) is 14.8. The van der Waals surface area contributed by atoms with Crippen molar-refractivity contribution in [1.29, 1.82) is 0 Å². The van der Waals surface area contributed by atoms with Crippen molar-refractivity contribution in [3.05, 3.63) is 59.7 Å². The minimum absolute atomic E-state index is 0.103. The SMILES string of the molecule is Cc1ccccc1CCC(=O)Nc1cccc(NC(=O)CNC(=O)OC(C)(C)C)c1. The molecule has 0 saturated heterocycles. The molecule has 0 aromatic heterocycles. The molecule has 2 aromatic carbocycles. The Morgan fingerprint density at radius 1 is 0.900 bits per heavy atom. The standard InChI is InChI=1S/C23H29N3O4/c1-16-8-5-6-9-17(16)12-13-20(27)25-18-10-7-11-19(14-18)26-21(28)15-24-22(29)30-23(2,3)4/h5-11,14H,12-13,15H2,1-4H3,(H,24,29)(H,25,27)(H,26,28). The van der Waals surface area contributed by atoms with Crippen molar-refractivity contribution < 1.29 is 19.1 Å². The van der Waals surface area contributed by atoms with Crippen LogP contribution in [0, 0.1) is 6.92 Å². The summed E-state index contributed by atoms with van der Waals surface area (Å²) in [5.74, 6) is -0.503. The Morgan fingerprint density at radius 2 is 1.53 bits per heavy atom. The quantitative estimate of drug-likeness (QED) is 0.641. The van der Waals surface area contributed by atoms with Gasteiger partial charge in [0.2, 0.25) is 11.8 Å². The van der Waals surface area contributed by atoms with Crippen molar-refractivity contribution in [3.63, 3.8) is 0 Å². The van der Waals surface area contributed by atoms with Gasteiger partial charge in [-0.1, -0.05) is 30.3 Å². The lowest BCUT2D eigenvalue weighted by atomic mass is 10.0. The fourth-order valence-electron chi connectivity index (χ4n) is 2.71. The number of rotatable bonds is 7. The largest absolute Gasteiger partial charge is 0.444 e. The smallest absolute Gasteiger partial charge is 0.408 e. The van der Waals surface area contributed by atoms with Crippen LogP contribution in [0.1, 0.15) is 38.3 Å². The van der Waals surface area contributed by atoms with E-state index in [4.69, 9.17) is 4.74 Å². The van der Waals surface area contributed by atoms with Crippen LogP contribution in [0.2, 0.25) is 0 Å². The van der Waals surface area contributed by atoms with E-state index in [0.29, 0.717) is 24.2 Å². The van der Waals surface area contributed by atoms with Gasteiger partial charge < -0.3 is 20.7 Å². The molecule has 2 rings (SSSR count). The van der Waals surface area contributed by atoms with E-state index in [1.54, 1.807) is 45.0 Å². The lowest BCUT2D eigenvalue weighted by Gasteiger charge is -2.19. The summed E-state index contributed by atoms with van der Waals surface area (Å²) < 4.78 is 5.09. The number of nitrogens with one attached hydrogen (secondary N) is 3. The molecule has 0 atom stereocenters. The number of anilines is 2. The van der Waals surface area contributed by atoms with Gasteiger partial charge in [0.05, 0.1) is 0 Å². The third-order valence-electron chi connectivity index (χ3n) is 4.10. The zero-order chi connectivity index (χ0) is 22.1. The Kier molecular flexibility index (Phi) is 7.98. The average molecular weight is 412 g/mol. The number of carbonyl (C=O) groups is 3. The molecule has 0 aliphatic carbocycles. The van der Waals surface area contributed by atoms with Crippen LogP contribution < -0.4 is 16.0 Å². The monoisotopic (exact) mass is 411 g/mol. The summed E-state index contributed by atoms with van der Waals surface area (Å²) in [6.45, 7) is 7.04. The highest BCUT2D eigenvalue weighted by molar-refractivity contribution is 5.95. The first-order valence-electron chi connectivity index (χ1n) is 9.83. The molecule has 3 amide bonds. The third kappa shape index (κ3) is 8.34. The minimum atomic E-state index is -0.660. The Balaban J connectivity index is 1.82. The molecule has 0 aliphatic rings. The zero-order valence-corrected chi connectivity index (χ0v) is 17.9. The lowest BCUT2D eigenvalue weighted by molar-refractivity contribution is -0.116. The number of hydrogen-bond donors (Lipinski definition) is 3. The first kappa shape index (κ1) is 22.9. The predicted octanol–water partition coefficient (Wildman–Crippen LogP) is 4.03. The first-order chi connectivity index (χ1) is 14.1. The average Bonchev–Trinajstić information content (AvgIpc) is 2.65. The third-order valence-corrected chi connectivity index (χ3v) is 4.10. The lowest BCUT2D eigenvalue weighted by Crippen LogP contribution is -2.37. The highest BCUT2D eigenvalue weighted by Crippen LogP contribution is 2.16. The number of ether oxygens (including phenoxy) is 1. The molecule has 0 heterocycles. The Morgan fingerprint density at radius 3 is 2.17 bits per heavy atom. The first-order valence-corrected chi connectivity index (χ1v) is 9.83. The van der Waals surface area contributed by atoms with E-state index in [1.165, 1.54) is 0 Å². The summed E-state index contributed by atoms with van der Waals surface area (Å²) in [5, 5.41) is 7.92. The summed E-state index contributed by atoms with van der Waals surface area (Å²) in [6.07, 6.45) is 0.360.